The Morgan fingerprint density at radius 3 is 2.95 bits per heavy atom. The molecule has 3 aromatic rings. The van der Waals surface area contributed by atoms with Gasteiger partial charge in [0.05, 0.1) is 15.7 Å². The molecule has 100 valence electrons. The number of hydrogen-bond acceptors (Lipinski definition) is 4. The fourth-order valence-electron chi connectivity index (χ4n) is 1.99. The summed E-state index contributed by atoms with van der Waals surface area (Å²) in [6.45, 7) is 1.91. The van der Waals surface area contributed by atoms with Crippen LogP contribution in [0, 0.1) is 6.92 Å². The molecule has 0 saturated carbocycles. The molecule has 0 aliphatic carbocycles. The molecular weight excluding hydrogens is 288 g/mol. The van der Waals surface area contributed by atoms with Crippen molar-refractivity contribution >= 4 is 45.8 Å². The lowest BCUT2D eigenvalue weighted by atomic mass is 10.1. The zero-order valence-corrected chi connectivity index (χ0v) is 12.5. The number of aromatic nitrogens is 1. The number of aryl methyl sites for hydroxylation is 1. The van der Waals surface area contributed by atoms with Crippen LogP contribution in [0.15, 0.2) is 46.8 Å². The summed E-state index contributed by atoms with van der Waals surface area (Å²) < 4.78 is 1.06. The van der Waals surface area contributed by atoms with E-state index in [1.807, 2.05) is 37.3 Å². The van der Waals surface area contributed by atoms with Gasteiger partial charge in [0.2, 0.25) is 0 Å². The second-order valence-electron chi connectivity index (χ2n) is 4.49. The lowest BCUT2D eigenvalue weighted by Crippen LogP contribution is -2.13. The van der Waals surface area contributed by atoms with E-state index in [0.29, 0.717) is 5.56 Å². The van der Waals surface area contributed by atoms with E-state index in [1.54, 1.807) is 22.9 Å². The monoisotopic (exact) mass is 300 g/mol. The van der Waals surface area contributed by atoms with E-state index in [2.05, 4.69) is 22.9 Å². The third kappa shape index (κ3) is 2.55. The number of anilines is 1. The largest absolute Gasteiger partial charge is 0.322 e. The van der Waals surface area contributed by atoms with E-state index in [1.165, 1.54) is 0 Å². The van der Waals surface area contributed by atoms with Crippen molar-refractivity contribution in [3.8, 4) is 0 Å². The molecule has 1 N–H and O–H groups in total. The molecule has 1 aromatic heterocycles. The van der Waals surface area contributed by atoms with Crippen LogP contribution in [-0.4, -0.2) is 10.9 Å². The average Bonchev–Trinajstić information content (AvgIpc) is 2.89. The van der Waals surface area contributed by atoms with Crippen molar-refractivity contribution in [2.24, 2.45) is 0 Å². The zero-order valence-electron chi connectivity index (χ0n) is 10.8. The van der Waals surface area contributed by atoms with Crippen LogP contribution < -0.4 is 5.32 Å². The summed E-state index contributed by atoms with van der Waals surface area (Å²) in [5.41, 5.74) is 5.09. The normalized spacial score (nSPS) is 10.7. The number of carbonyl (C=O) groups is 1. The fourth-order valence-corrected chi connectivity index (χ4v) is 2.91. The summed E-state index contributed by atoms with van der Waals surface area (Å²) in [5.74, 6) is -0.123. The topological polar surface area (TPSA) is 42.0 Å². The van der Waals surface area contributed by atoms with Gasteiger partial charge in [-0.05, 0) is 42.8 Å². The second-order valence-corrected chi connectivity index (χ2v) is 5.89. The molecule has 0 unspecified atom stereocenters. The van der Waals surface area contributed by atoms with Gasteiger partial charge in [-0.2, -0.15) is 0 Å². The maximum atomic E-state index is 12.3. The van der Waals surface area contributed by atoms with Gasteiger partial charge in [-0.3, -0.25) is 4.79 Å². The first-order valence-electron chi connectivity index (χ1n) is 6.08. The molecular formula is C15H12N2OS2. The number of hydrogen-bond donors (Lipinski definition) is 2. The van der Waals surface area contributed by atoms with Crippen LogP contribution in [-0.2, 0) is 0 Å². The summed E-state index contributed by atoms with van der Waals surface area (Å²) in [4.78, 5) is 17.3. The fraction of sp³-hybridized carbons (Fsp3) is 0.0667. The Labute approximate surface area is 126 Å². The minimum absolute atomic E-state index is 0.123. The quantitative estimate of drug-likeness (QED) is 0.698. The highest BCUT2D eigenvalue weighted by Gasteiger charge is 2.10. The van der Waals surface area contributed by atoms with Crippen LogP contribution in [0.1, 0.15) is 15.9 Å². The van der Waals surface area contributed by atoms with Gasteiger partial charge >= 0.3 is 0 Å². The van der Waals surface area contributed by atoms with Crippen molar-refractivity contribution in [1.82, 2.24) is 4.98 Å². The van der Waals surface area contributed by atoms with Gasteiger partial charge in [-0.25, -0.2) is 4.98 Å². The summed E-state index contributed by atoms with van der Waals surface area (Å²) >= 11 is 5.83. The standard InChI is InChI=1S/C15H12N2OS2/c1-9-2-4-11(19)7-12(9)15(18)17-10-3-5-13-14(6-10)20-8-16-13/h2-8,19H,1H3,(H,17,18). The number of amides is 1. The van der Waals surface area contributed by atoms with Crippen LogP contribution in [0.5, 0.6) is 0 Å². The molecule has 0 fully saturated rings. The van der Waals surface area contributed by atoms with Crippen LogP contribution >= 0.6 is 24.0 Å². The van der Waals surface area contributed by atoms with Crippen molar-refractivity contribution in [1.29, 1.82) is 0 Å². The van der Waals surface area contributed by atoms with Crippen LogP contribution in [0.25, 0.3) is 10.2 Å². The molecule has 1 heterocycles. The molecule has 1 amide bonds. The predicted octanol–water partition coefficient (Wildman–Crippen LogP) is 4.15. The number of fused-ring (bicyclic) bond motifs is 1. The first-order valence-corrected chi connectivity index (χ1v) is 7.40. The second kappa shape index (κ2) is 5.26. The lowest BCUT2D eigenvalue weighted by molar-refractivity contribution is 0.102. The van der Waals surface area contributed by atoms with Crippen LogP contribution in [0.3, 0.4) is 0 Å². The number of thiol groups is 1. The van der Waals surface area contributed by atoms with Gasteiger partial charge in [0.1, 0.15) is 0 Å². The van der Waals surface area contributed by atoms with Gasteiger partial charge in [0.25, 0.3) is 5.91 Å². The third-order valence-electron chi connectivity index (χ3n) is 3.05. The Morgan fingerprint density at radius 1 is 1.25 bits per heavy atom. The Bertz CT molecular complexity index is 795. The molecule has 3 nitrogen and oxygen atoms in total. The molecule has 0 spiro atoms. The molecule has 0 radical (unpaired) electrons. The summed E-state index contributed by atoms with van der Waals surface area (Å²) in [6.07, 6.45) is 0. The van der Waals surface area contributed by atoms with Crippen molar-refractivity contribution in [2.45, 2.75) is 11.8 Å². The van der Waals surface area contributed by atoms with E-state index in [0.717, 1.165) is 26.4 Å². The molecule has 2 aromatic carbocycles. The maximum absolute atomic E-state index is 12.3. The van der Waals surface area contributed by atoms with Crippen molar-refractivity contribution in [3.63, 3.8) is 0 Å². The van der Waals surface area contributed by atoms with E-state index in [9.17, 15) is 4.79 Å². The van der Waals surface area contributed by atoms with Crippen molar-refractivity contribution in [3.05, 3.63) is 53.0 Å². The average molecular weight is 300 g/mol. The third-order valence-corrected chi connectivity index (χ3v) is 4.12. The first-order chi connectivity index (χ1) is 9.63. The van der Waals surface area contributed by atoms with E-state index in [4.69, 9.17) is 0 Å². The van der Waals surface area contributed by atoms with Crippen molar-refractivity contribution in [2.75, 3.05) is 5.32 Å². The number of nitrogens with zero attached hydrogens (tertiary/aromatic N) is 1. The molecule has 20 heavy (non-hydrogen) atoms. The van der Waals surface area contributed by atoms with Crippen molar-refractivity contribution < 1.29 is 4.79 Å². The molecule has 5 heteroatoms. The van der Waals surface area contributed by atoms with Gasteiger partial charge in [0, 0.05) is 16.1 Å². The number of benzene rings is 2. The highest BCUT2D eigenvalue weighted by molar-refractivity contribution is 7.80. The van der Waals surface area contributed by atoms with Crippen LogP contribution in [0.4, 0.5) is 5.69 Å². The summed E-state index contributed by atoms with van der Waals surface area (Å²) in [7, 11) is 0. The summed E-state index contributed by atoms with van der Waals surface area (Å²) in [5, 5.41) is 2.91. The molecule has 3 rings (SSSR count). The molecule has 0 aliphatic heterocycles. The zero-order chi connectivity index (χ0) is 14.1. The van der Waals surface area contributed by atoms with Crippen LogP contribution in [0.2, 0.25) is 0 Å². The lowest BCUT2D eigenvalue weighted by Gasteiger charge is -2.08. The number of thiazole rings is 1. The van der Waals surface area contributed by atoms with E-state index >= 15 is 0 Å². The summed E-state index contributed by atoms with van der Waals surface area (Å²) in [6, 6.07) is 11.2. The van der Waals surface area contributed by atoms with Gasteiger partial charge < -0.3 is 5.32 Å². The number of rotatable bonds is 2. The predicted molar refractivity (Wildman–Crippen MR) is 86.0 cm³/mol. The van der Waals surface area contributed by atoms with Gasteiger partial charge in [0.15, 0.2) is 0 Å². The highest BCUT2D eigenvalue weighted by atomic mass is 32.1. The minimum atomic E-state index is -0.123. The Hall–Kier alpha value is -1.85. The van der Waals surface area contributed by atoms with Gasteiger partial charge in [-0.1, -0.05) is 6.07 Å². The molecule has 0 bridgehead atoms. The highest BCUT2D eigenvalue weighted by Crippen LogP contribution is 2.23. The SMILES string of the molecule is Cc1ccc(S)cc1C(=O)Nc1ccc2ncsc2c1. The smallest absolute Gasteiger partial charge is 0.255 e. The van der Waals surface area contributed by atoms with E-state index < -0.39 is 0 Å². The molecule has 0 saturated heterocycles. The maximum Gasteiger partial charge on any atom is 0.255 e. The Kier molecular flexibility index (Phi) is 3.46. The minimum Gasteiger partial charge on any atom is -0.322 e. The molecule has 0 aliphatic rings. The Balaban J connectivity index is 1.89. The van der Waals surface area contributed by atoms with Gasteiger partial charge in [-0.15, -0.1) is 24.0 Å². The van der Waals surface area contributed by atoms with E-state index in [-0.39, 0.29) is 5.91 Å². The number of carbonyl (C=O) groups excluding carboxylic acids is 1. The first kappa shape index (κ1) is 13.1. The number of nitrogens with one attached hydrogen (secondary N) is 1. The molecule has 0 atom stereocenters. The Morgan fingerprint density at radius 2 is 2.10 bits per heavy atom.